The van der Waals surface area contributed by atoms with Crippen molar-refractivity contribution in [1.29, 1.82) is 0 Å². The first kappa shape index (κ1) is 27.3. The SMILES string of the molecule is CC1CCC(Oc2ccc3cccc(CN4C5CCCC4CC(C(=O)OC(C)C)C5)c3c2C(F)(F)F)CC1. The minimum atomic E-state index is -4.53. The minimum Gasteiger partial charge on any atom is -0.490 e. The van der Waals surface area contributed by atoms with Crippen LogP contribution in [0.2, 0.25) is 0 Å². The summed E-state index contributed by atoms with van der Waals surface area (Å²) in [7, 11) is 0. The number of rotatable bonds is 6. The number of esters is 1. The molecule has 7 heteroatoms. The Morgan fingerprint density at radius 2 is 1.68 bits per heavy atom. The van der Waals surface area contributed by atoms with Gasteiger partial charge in [0, 0.05) is 24.0 Å². The third kappa shape index (κ3) is 5.83. The quantitative estimate of drug-likeness (QED) is 0.355. The lowest BCUT2D eigenvalue weighted by molar-refractivity contribution is -0.157. The van der Waals surface area contributed by atoms with Crippen LogP contribution in [-0.2, 0) is 22.3 Å². The van der Waals surface area contributed by atoms with E-state index < -0.39 is 11.7 Å². The van der Waals surface area contributed by atoms with E-state index in [1.807, 2.05) is 26.0 Å². The number of carbonyl (C=O) groups is 1. The van der Waals surface area contributed by atoms with Crippen molar-refractivity contribution < 1.29 is 27.4 Å². The molecule has 1 saturated carbocycles. The highest BCUT2D eigenvalue weighted by Gasteiger charge is 2.43. The fraction of sp³-hybridized carbons (Fsp3) is 0.645. The summed E-state index contributed by atoms with van der Waals surface area (Å²) in [5.41, 5.74) is 0.0300. The van der Waals surface area contributed by atoms with E-state index in [9.17, 15) is 18.0 Å². The molecule has 2 unspecified atom stereocenters. The summed E-state index contributed by atoms with van der Waals surface area (Å²) < 4.78 is 55.6. The Morgan fingerprint density at radius 1 is 1.00 bits per heavy atom. The van der Waals surface area contributed by atoms with Gasteiger partial charge in [0.15, 0.2) is 0 Å². The maximum atomic E-state index is 14.7. The summed E-state index contributed by atoms with van der Waals surface area (Å²) in [6.07, 6.45) is 3.07. The molecule has 38 heavy (non-hydrogen) atoms. The Bertz CT molecular complexity index is 1130. The molecule has 4 nitrogen and oxygen atoms in total. The topological polar surface area (TPSA) is 38.8 Å². The van der Waals surface area contributed by atoms with Crippen molar-refractivity contribution >= 4 is 16.7 Å². The molecule has 0 N–H and O–H groups in total. The number of fused-ring (bicyclic) bond motifs is 3. The van der Waals surface area contributed by atoms with E-state index in [1.54, 1.807) is 12.1 Å². The Labute approximate surface area is 223 Å². The summed E-state index contributed by atoms with van der Waals surface area (Å²) in [5.74, 6) is 0.267. The zero-order valence-corrected chi connectivity index (χ0v) is 22.7. The van der Waals surface area contributed by atoms with Crippen LogP contribution in [0.1, 0.15) is 89.7 Å². The Balaban J connectivity index is 1.46. The lowest BCUT2D eigenvalue weighted by Gasteiger charge is -2.48. The number of nitrogens with zero attached hydrogens (tertiary/aromatic N) is 1. The molecule has 1 aliphatic carbocycles. The normalized spacial score (nSPS) is 28.4. The van der Waals surface area contributed by atoms with Crippen molar-refractivity contribution in [2.24, 2.45) is 11.8 Å². The van der Waals surface area contributed by atoms with Gasteiger partial charge in [0.1, 0.15) is 11.3 Å². The predicted octanol–water partition coefficient (Wildman–Crippen LogP) is 7.90. The predicted molar refractivity (Wildman–Crippen MR) is 142 cm³/mol. The first-order valence-corrected chi connectivity index (χ1v) is 14.3. The molecule has 0 aromatic heterocycles. The van der Waals surface area contributed by atoms with Crippen molar-refractivity contribution in [2.75, 3.05) is 0 Å². The number of benzene rings is 2. The highest BCUT2D eigenvalue weighted by Crippen LogP contribution is 2.45. The number of alkyl halides is 3. The number of piperidine rings is 2. The van der Waals surface area contributed by atoms with Crippen LogP contribution in [0.5, 0.6) is 5.75 Å². The number of carbonyl (C=O) groups excluding carboxylic acids is 1. The molecule has 2 heterocycles. The fourth-order valence-corrected chi connectivity index (χ4v) is 6.93. The lowest BCUT2D eigenvalue weighted by atomic mass is 9.78. The molecular formula is C31H40F3NO3. The summed E-state index contributed by atoms with van der Waals surface area (Å²) >= 11 is 0. The monoisotopic (exact) mass is 531 g/mol. The summed E-state index contributed by atoms with van der Waals surface area (Å²) in [4.78, 5) is 15.0. The molecule has 2 saturated heterocycles. The second-order valence-electron chi connectivity index (χ2n) is 12.0. The third-order valence-electron chi connectivity index (χ3n) is 8.80. The Morgan fingerprint density at radius 3 is 2.32 bits per heavy atom. The van der Waals surface area contributed by atoms with Gasteiger partial charge in [-0.1, -0.05) is 37.6 Å². The highest BCUT2D eigenvalue weighted by molar-refractivity contribution is 5.91. The summed E-state index contributed by atoms with van der Waals surface area (Å²) in [6.45, 7) is 6.34. The van der Waals surface area contributed by atoms with Crippen molar-refractivity contribution in [3.8, 4) is 5.75 Å². The van der Waals surface area contributed by atoms with Crippen molar-refractivity contribution in [3.63, 3.8) is 0 Å². The number of ether oxygens (including phenoxy) is 2. The standard InChI is InChI=1S/C31H40F3NO3/c1-19(2)37-30(36)23-16-24-8-5-9-25(17-23)35(24)18-22-7-4-6-21-12-15-27(29(28(21)22)31(32,33)34)38-26-13-10-20(3)11-14-26/h4,6-7,12,15,19-20,23-26H,5,8-11,13-14,16-18H2,1-3H3. The van der Waals surface area contributed by atoms with Gasteiger partial charge in [0.25, 0.3) is 0 Å². The molecule has 208 valence electrons. The van der Waals surface area contributed by atoms with Gasteiger partial charge < -0.3 is 9.47 Å². The fourth-order valence-electron chi connectivity index (χ4n) is 6.93. The van der Waals surface area contributed by atoms with Crippen LogP contribution in [0, 0.1) is 11.8 Å². The summed E-state index contributed by atoms with van der Waals surface area (Å²) in [6, 6.07) is 9.05. The molecule has 0 amide bonds. The highest BCUT2D eigenvalue weighted by atomic mass is 19.4. The number of hydrogen-bond donors (Lipinski definition) is 0. The van der Waals surface area contributed by atoms with Crippen molar-refractivity contribution in [1.82, 2.24) is 4.90 Å². The molecule has 2 bridgehead atoms. The molecule has 3 fully saturated rings. The Hall–Kier alpha value is -2.28. The molecule has 5 rings (SSSR count). The van der Waals surface area contributed by atoms with Gasteiger partial charge in [-0.2, -0.15) is 13.2 Å². The van der Waals surface area contributed by atoms with E-state index in [-0.39, 0.29) is 47.3 Å². The van der Waals surface area contributed by atoms with Crippen molar-refractivity contribution in [2.45, 2.75) is 116 Å². The zero-order chi connectivity index (χ0) is 27.0. The van der Waals surface area contributed by atoms with Crippen LogP contribution < -0.4 is 4.74 Å². The molecule has 2 aromatic carbocycles. The van der Waals surface area contributed by atoms with E-state index >= 15 is 0 Å². The molecule has 2 aliphatic heterocycles. The van der Waals surface area contributed by atoms with E-state index in [1.165, 1.54) is 6.07 Å². The number of hydrogen-bond acceptors (Lipinski definition) is 4. The van der Waals surface area contributed by atoms with Gasteiger partial charge in [-0.3, -0.25) is 9.69 Å². The minimum absolute atomic E-state index is 0.0488. The molecular weight excluding hydrogens is 491 g/mol. The van der Waals surface area contributed by atoms with Crippen LogP contribution in [0.25, 0.3) is 10.8 Å². The van der Waals surface area contributed by atoms with Crippen LogP contribution in [0.4, 0.5) is 13.2 Å². The first-order valence-electron chi connectivity index (χ1n) is 14.3. The first-order chi connectivity index (χ1) is 18.1. The molecule has 2 aromatic rings. The van der Waals surface area contributed by atoms with Gasteiger partial charge in [-0.25, -0.2) is 0 Å². The molecule has 3 aliphatic rings. The van der Waals surface area contributed by atoms with Crippen LogP contribution in [0.3, 0.4) is 0 Å². The summed E-state index contributed by atoms with van der Waals surface area (Å²) in [5, 5.41) is 0.834. The number of halogens is 3. The molecule has 0 radical (unpaired) electrons. The van der Waals surface area contributed by atoms with Gasteiger partial charge in [-0.15, -0.1) is 0 Å². The van der Waals surface area contributed by atoms with Crippen LogP contribution in [-0.4, -0.2) is 35.2 Å². The van der Waals surface area contributed by atoms with Crippen molar-refractivity contribution in [3.05, 3.63) is 41.5 Å². The van der Waals surface area contributed by atoms with E-state index in [0.717, 1.165) is 44.9 Å². The maximum absolute atomic E-state index is 14.7. The Kier molecular flexibility index (Phi) is 7.95. The van der Waals surface area contributed by atoms with E-state index in [4.69, 9.17) is 9.47 Å². The average Bonchev–Trinajstić information content (AvgIpc) is 2.84. The third-order valence-corrected chi connectivity index (χ3v) is 8.80. The van der Waals surface area contributed by atoms with Gasteiger partial charge >= 0.3 is 12.1 Å². The van der Waals surface area contributed by atoms with Gasteiger partial charge in [0.05, 0.1) is 18.1 Å². The lowest BCUT2D eigenvalue weighted by Crippen LogP contribution is -2.53. The van der Waals surface area contributed by atoms with E-state index in [0.29, 0.717) is 36.3 Å². The largest absolute Gasteiger partial charge is 0.490 e. The van der Waals surface area contributed by atoms with Crippen LogP contribution >= 0.6 is 0 Å². The zero-order valence-electron chi connectivity index (χ0n) is 22.7. The van der Waals surface area contributed by atoms with E-state index in [2.05, 4.69) is 11.8 Å². The second kappa shape index (κ2) is 11.1. The average molecular weight is 532 g/mol. The smallest absolute Gasteiger partial charge is 0.420 e. The second-order valence-corrected chi connectivity index (χ2v) is 12.0. The maximum Gasteiger partial charge on any atom is 0.420 e. The molecule has 2 atom stereocenters. The van der Waals surface area contributed by atoms with Crippen LogP contribution in [0.15, 0.2) is 30.3 Å². The van der Waals surface area contributed by atoms with Gasteiger partial charge in [0.2, 0.25) is 0 Å². The van der Waals surface area contributed by atoms with Gasteiger partial charge in [-0.05, 0) is 88.1 Å². The molecule has 0 spiro atoms.